The predicted molar refractivity (Wildman–Crippen MR) is 113 cm³/mol. The lowest BCUT2D eigenvalue weighted by atomic mass is 10.1. The SMILES string of the molecule is C=CCNC(=O)/C(C#N)=C/c1ccc(OC(=O)c2ccc([N+](=O)[O-])c(C)c2)c(OC)c1. The summed E-state index contributed by atoms with van der Waals surface area (Å²) in [5.41, 5.74) is 0.726. The number of benzene rings is 2. The largest absolute Gasteiger partial charge is 0.493 e. The average Bonchev–Trinajstić information content (AvgIpc) is 2.76. The molecule has 31 heavy (non-hydrogen) atoms. The van der Waals surface area contributed by atoms with Crippen LogP contribution in [0.5, 0.6) is 11.5 Å². The number of carbonyl (C=O) groups is 2. The number of amides is 1. The molecule has 0 fully saturated rings. The molecule has 2 rings (SSSR count). The van der Waals surface area contributed by atoms with E-state index in [2.05, 4.69) is 11.9 Å². The summed E-state index contributed by atoms with van der Waals surface area (Å²) in [7, 11) is 1.37. The van der Waals surface area contributed by atoms with Crippen molar-refractivity contribution in [2.45, 2.75) is 6.92 Å². The molecule has 0 unspecified atom stereocenters. The number of nitriles is 1. The topological polar surface area (TPSA) is 132 Å². The first-order chi connectivity index (χ1) is 14.8. The molecule has 0 bridgehead atoms. The molecule has 0 radical (unpaired) electrons. The second-order valence-electron chi connectivity index (χ2n) is 6.23. The van der Waals surface area contributed by atoms with Crippen molar-refractivity contribution in [1.29, 1.82) is 5.26 Å². The fourth-order valence-corrected chi connectivity index (χ4v) is 2.58. The highest BCUT2D eigenvalue weighted by Gasteiger charge is 2.17. The zero-order valence-electron chi connectivity index (χ0n) is 16.9. The van der Waals surface area contributed by atoms with Crippen molar-refractivity contribution in [2.24, 2.45) is 0 Å². The summed E-state index contributed by atoms with van der Waals surface area (Å²) in [6.07, 6.45) is 2.86. The maximum absolute atomic E-state index is 12.5. The van der Waals surface area contributed by atoms with Gasteiger partial charge in [0.15, 0.2) is 11.5 Å². The van der Waals surface area contributed by atoms with Gasteiger partial charge < -0.3 is 14.8 Å². The highest BCUT2D eigenvalue weighted by Crippen LogP contribution is 2.30. The van der Waals surface area contributed by atoms with Crippen LogP contribution in [0.2, 0.25) is 0 Å². The standard InChI is InChI=1S/C22H19N3O6/c1-4-9-24-21(26)17(13-23)11-15-5-8-19(20(12-15)30-3)31-22(27)16-6-7-18(25(28)29)14(2)10-16/h4-8,10-12H,1,9H2,2-3H3,(H,24,26)/b17-11+. The molecular weight excluding hydrogens is 402 g/mol. The quantitative estimate of drug-likeness (QED) is 0.131. The van der Waals surface area contributed by atoms with Gasteiger partial charge in [0.25, 0.3) is 11.6 Å². The molecule has 0 aliphatic rings. The molecule has 2 aromatic rings. The zero-order valence-corrected chi connectivity index (χ0v) is 16.9. The minimum absolute atomic E-state index is 0.101. The smallest absolute Gasteiger partial charge is 0.343 e. The van der Waals surface area contributed by atoms with Crippen molar-refractivity contribution in [3.8, 4) is 17.6 Å². The number of nitrogens with one attached hydrogen (secondary N) is 1. The number of methoxy groups -OCH3 is 1. The van der Waals surface area contributed by atoms with E-state index in [1.54, 1.807) is 6.07 Å². The second-order valence-corrected chi connectivity index (χ2v) is 6.23. The second kappa shape index (κ2) is 10.4. The molecule has 1 N–H and O–H groups in total. The van der Waals surface area contributed by atoms with Crippen molar-refractivity contribution in [1.82, 2.24) is 5.32 Å². The van der Waals surface area contributed by atoms with Gasteiger partial charge in [0.1, 0.15) is 11.6 Å². The normalized spacial score (nSPS) is 10.5. The molecule has 9 heteroatoms. The number of nitrogens with zero attached hydrogens (tertiary/aromatic N) is 2. The summed E-state index contributed by atoms with van der Waals surface area (Å²) in [6.45, 7) is 5.23. The van der Waals surface area contributed by atoms with E-state index in [0.717, 1.165) is 0 Å². The lowest BCUT2D eigenvalue weighted by molar-refractivity contribution is -0.385. The number of hydrogen-bond donors (Lipinski definition) is 1. The van der Waals surface area contributed by atoms with Crippen LogP contribution < -0.4 is 14.8 Å². The van der Waals surface area contributed by atoms with Crippen molar-refractivity contribution in [2.75, 3.05) is 13.7 Å². The fourth-order valence-electron chi connectivity index (χ4n) is 2.58. The van der Waals surface area contributed by atoms with Crippen molar-refractivity contribution in [3.63, 3.8) is 0 Å². The number of rotatable bonds is 8. The Bertz CT molecular complexity index is 1110. The van der Waals surface area contributed by atoms with E-state index < -0.39 is 16.8 Å². The van der Waals surface area contributed by atoms with Crippen LogP contribution in [0.1, 0.15) is 21.5 Å². The van der Waals surface area contributed by atoms with E-state index >= 15 is 0 Å². The number of esters is 1. The van der Waals surface area contributed by atoms with Crippen molar-refractivity contribution >= 4 is 23.6 Å². The highest BCUT2D eigenvalue weighted by molar-refractivity contribution is 6.01. The van der Waals surface area contributed by atoms with Gasteiger partial charge in [-0.1, -0.05) is 12.1 Å². The summed E-state index contributed by atoms with van der Waals surface area (Å²) in [6, 6.07) is 10.2. The molecule has 0 saturated heterocycles. The summed E-state index contributed by atoms with van der Waals surface area (Å²) in [5.74, 6) is -0.966. The van der Waals surface area contributed by atoms with Crippen LogP contribution in [0.4, 0.5) is 5.69 Å². The number of nitro benzene ring substituents is 1. The van der Waals surface area contributed by atoms with E-state index in [1.807, 2.05) is 6.07 Å². The maximum Gasteiger partial charge on any atom is 0.343 e. The molecule has 0 heterocycles. The molecule has 0 saturated carbocycles. The Hall–Kier alpha value is -4.45. The molecule has 2 aromatic carbocycles. The lowest BCUT2D eigenvalue weighted by Gasteiger charge is -2.10. The number of ether oxygens (including phenoxy) is 2. The predicted octanol–water partition coefficient (Wildman–Crippen LogP) is 3.34. The molecule has 158 valence electrons. The van der Waals surface area contributed by atoms with E-state index in [9.17, 15) is 25.0 Å². The maximum atomic E-state index is 12.5. The van der Waals surface area contributed by atoms with Gasteiger partial charge >= 0.3 is 5.97 Å². The average molecular weight is 421 g/mol. The Labute approximate surface area is 178 Å². The molecular formula is C22H19N3O6. The third-order valence-corrected chi connectivity index (χ3v) is 4.10. The highest BCUT2D eigenvalue weighted by atomic mass is 16.6. The Morgan fingerprint density at radius 1 is 1.26 bits per heavy atom. The Balaban J connectivity index is 2.26. The van der Waals surface area contributed by atoms with Gasteiger partial charge in [0.05, 0.1) is 17.6 Å². The third-order valence-electron chi connectivity index (χ3n) is 4.10. The van der Waals surface area contributed by atoms with E-state index in [-0.39, 0.29) is 34.9 Å². The van der Waals surface area contributed by atoms with Crippen LogP contribution in [0.15, 0.2) is 54.6 Å². The van der Waals surface area contributed by atoms with Gasteiger partial charge in [-0.05, 0) is 42.8 Å². The number of aryl methyl sites for hydroxylation is 1. The number of nitro groups is 1. The van der Waals surface area contributed by atoms with Crippen LogP contribution in [0.25, 0.3) is 6.08 Å². The summed E-state index contributed by atoms with van der Waals surface area (Å²) in [4.78, 5) is 34.8. The van der Waals surface area contributed by atoms with Gasteiger partial charge in [0.2, 0.25) is 0 Å². The molecule has 1 amide bonds. The minimum Gasteiger partial charge on any atom is -0.493 e. The van der Waals surface area contributed by atoms with Gasteiger partial charge in [-0.3, -0.25) is 14.9 Å². The molecule has 0 aliphatic heterocycles. The fraction of sp³-hybridized carbons (Fsp3) is 0.136. The summed E-state index contributed by atoms with van der Waals surface area (Å²) >= 11 is 0. The van der Waals surface area contributed by atoms with Gasteiger partial charge in [-0.25, -0.2) is 4.79 Å². The lowest BCUT2D eigenvalue weighted by Crippen LogP contribution is -2.24. The number of carbonyl (C=O) groups excluding carboxylic acids is 2. The molecule has 0 aromatic heterocycles. The Morgan fingerprint density at radius 3 is 2.58 bits per heavy atom. The van der Waals surface area contributed by atoms with E-state index in [4.69, 9.17) is 9.47 Å². The van der Waals surface area contributed by atoms with Gasteiger partial charge in [-0.2, -0.15) is 5.26 Å². The Morgan fingerprint density at radius 2 is 2.00 bits per heavy atom. The van der Waals surface area contributed by atoms with E-state index in [1.165, 1.54) is 56.5 Å². The van der Waals surface area contributed by atoms with Crippen molar-refractivity contribution in [3.05, 3.63) is 81.4 Å². The third kappa shape index (κ3) is 5.77. The molecule has 0 aliphatic carbocycles. The summed E-state index contributed by atoms with van der Waals surface area (Å²) < 4.78 is 10.6. The van der Waals surface area contributed by atoms with E-state index in [0.29, 0.717) is 11.1 Å². The summed E-state index contributed by atoms with van der Waals surface area (Å²) in [5, 5.41) is 22.6. The minimum atomic E-state index is -0.721. The van der Waals surface area contributed by atoms with Crippen LogP contribution in [0.3, 0.4) is 0 Å². The van der Waals surface area contributed by atoms with Crippen molar-refractivity contribution < 1.29 is 24.0 Å². The van der Waals surface area contributed by atoms with Gasteiger partial charge in [-0.15, -0.1) is 6.58 Å². The first kappa shape index (κ1) is 22.8. The molecule has 0 atom stereocenters. The first-order valence-corrected chi connectivity index (χ1v) is 8.96. The Kier molecular flexibility index (Phi) is 7.63. The van der Waals surface area contributed by atoms with Crippen LogP contribution in [0, 0.1) is 28.4 Å². The number of hydrogen-bond acceptors (Lipinski definition) is 7. The van der Waals surface area contributed by atoms with Crippen LogP contribution >= 0.6 is 0 Å². The van der Waals surface area contributed by atoms with Crippen LogP contribution in [-0.4, -0.2) is 30.5 Å². The first-order valence-electron chi connectivity index (χ1n) is 8.96. The zero-order chi connectivity index (χ0) is 23.0. The monoisotopic (exact) mass is 421 g/mol. The molecule has 0 spiro atoms. The van der Waals surface area contributed by atoms with Gasteiger partial charge in [0, 0.05) is 18.2 Å². The molecule has 9 nitrogen and oxygen atoms in total. The van der Waals surface area contributed by atoms with Crippen LogP contribution in [-0.2, 0) is 4.79 Å².